The first-order chi connectivity index (χ1) is 9.81. The number of pyridine rings is 1. The Labute approximate surface area is 122 Å². The first kappa shape index (κ1) is 15.5. The molecule has 0 fully saturated rings. The van der Waals surface area contributed by atoms with Crippen molar-refractivity contribution in [3.8, 4) is 11.6 Å². The molecule has 1 aromatic heterocycles. The molecule has 0 aliphatic heterocycles. The molecule has 0 aliphatic carbocycles. The standard InChI is InChI=1S/C13H9ClF4N2O/c14-10-6-20-12(3-7(10)5-19)21-8-1-2-11(15)9(4-8)13(16,17)18/h1-4,6H,5,19H2. The lowest BCUT2D eigenvalue weighted by atomic mass is 10.2. The van der Waals surface area contributed by atoms with Crippen molar-refractivity contribution >= 4 is 11.6 Å². The zero-order valence-electron chi connectivity index (χ0n) is 10.4. The Balaban J connectivity index is 2.32. The molecule has 2 N–H and O–H groups in total. The van der Waals surface area contributed by atoms with Crippen molar-refractivity contribution in [3.63, 3.8) is 0 Å². The van der Waals surface area contributed by atoms with Crippen LogP contribution in [-0.4, -0.2) is 4.98 Å². The van der Waals surface area contributed by atoms with Gasteiger partial charge in [-0.05, 0) is 23.8 Å². The number of hydrogen-bond acceptors (Lipinski definition) is 3. The highest BCUT2D eigenvalue weighted by Gasteiger charge is 2.34. The zero-order valence-corrected chi connectivity index (χ0v) is 11.2. The summed E-state index contributed by atoms with van der Waals surface area (Å²) in [5, 5.41) is 0.319. The van der Waals surface area contributed by atoms with E-state index >= 15 is 0 Å². The molecule has 0 unspecified atom stereocenters. The largest absolute Gasteiger partial charge is 0.439 e. The van der Waals surface area contributed by atoms with Crippen molar-refractivity contribution in [2.24, 2.45) is 5.73 Å². The topological polar surface area (TPSA) is 48.1 Å². The van der Waals surface area contributed by atoms with Crippen LogP contribution >= 0.6 is 11.6 Å². The Morgan fingerprint density at radius 1 is 1.24 bits per heavy atom. The minimum Gasteiger partial charge on any atom is -0.439 e. The molecule has 0 atom stereocenters. The van der Waals surface area contributed by atoms with Crippen molar-refractivity contribution in [2.45, 2.75) is 12.7 Å². The van der Waals surface area contributed by atoms with E-state index in [1.54, 1.807) is 0 Å². The third-order valence-corrected chi connectivity index (χ3v) is 2.94. The molecule has 0 spiro atoms. The summed E-state index contributed by atoms with van der Waals surface area (Å²) < 4.78 is 56.1. The highest BCUT2D eigenvalue weighted by atomic mass is 35.5. The van der Waals surface area contributed by atoms with E-state index in [1.165, 1.54) is 12.3 Å². The third-order valence-electron chi connectivity index (χ3n) is 2.60. The van der Waals surface area contributed by atoms with Gasteiger partial charge in [0, 0.05) is 18.8 Å². The van der Waals surface area contributed by atoms with Gasteiger partial charge in [0.2, 0.25) is 5.88 Å². The zero-order chi connectivity index (χ0) is 15.6. The van der Waals surface area contributed by atoms with Crippen LogP contribution in [0.3, 0.4) is 0 Å². The smallest absolute Gasteiger partial charge is 0.419 e. The van der Waals surface area contributed by atoms with E-state index in [0.717, 1.165) is 6.07 Å². The summed E-state index contributed by atoms with van der Waals surface area (Å²) in [6, 6.07) is 3.72. The van der Waals surface area contributed by atoms with Crippen LogP contribution < -0.4 is 10.5 Å². The van der Waals surface area contributed by atoms with Crippen molar-refractivity contribution in [2.75, 3.05) is 0 Å². The van der Waals surface area contributed by atoms with Gasteiger partial charge in [-0.15, -0.1) is 0 Å². The van der Waals surface area contributed by atoms with Gasteiger partial charge in [0.25, 0.3) is 0 Å². The number of ether oxygens (including phenoxy) is 1. The van der Waals surface area contributed by atoms with Crippen LogP contribution in [0.5, 0.6) is 11.6 Å². The summed E-state index contributed by atoms with van der Waals surface area (Å²) in [6.45, 7) is 0.120. The maximum Gasteiger partial charge on any atom is 0.419 e. The molecule has 0 radical (unpaired) electrons. The van der Waals surface area contributed by atoms with E-state index < -0.39 is 17.6 Å². The molecule has 2 aromatic rings. The second-order valence-electron chi connectivity index (χ2n) is 4.06. The lowest BCUT2D eigenvalue weighted by molar-refractivity contribution is -0.140. The van der Waals surface area contributed by atoms with Gasteiger partial charge in [-0.1, -0.05) is 11.6 Å². The van der Waals surface area contributed by atoms with Crippen molar-refractivity contribution in [3.05, 3.63) is 52.4 Å². The van der Waals surface area contributed by atoms with Gasteiger partial charge < -0.3 is 10.5 Å². The van der Waals surface area contributed by atoms with E-state index in [2.05, 4.69) is 4.98 Å². The monoisotopic (exact) mass is 320 g/mol. The number of alkyl halides is 3. The van der Waals surface area contributed by atoms with Gasteiger partial charge in [-0.3, -0.25) is 0 Å². The lowest BCUT2D eigenvalue weighted by Gasteiger charge is -2.11. The number of nitrogens with two attached hydrogens (primary N) is 1. The lowest BCUT2D eigenvalue weighted by Crippen LogP contribution is -2.08. The SMILES string of the molecule is NCc1cc(Oc2ccc(F)c(C(F)(F)F)c2)ncc1Cl. The Hall–Kier alpha value is -1.86. The fourth-order valence-corrected chi connectivity index (χ4v) is 1.76. The van der Waals surface area contributed by atoms with Crippen molar-refractivity contribution < 1.29 is 22.3 Å². The number of aromatic nitrogens is 1. The predicted octanol–water partition coefficient (Wildman–Crippen LogP) is 4.14. The van der Waals surface area contributed by atoms with Crippen LogP contribution in [-0.2, 0) is 12.7 Å². The van der Waals surface area contributed by atoms with E-state index in [0.29, 0.717) is 22.7 Å². The minimum absolute atomic E-state index is 0.0135. The first-order valence-electron chi connectivity index (χ1n) is 5.70. The average Bonchev–Trinajstić information content (AvgIpc) is 2.42. The maximum atomic E-state index is 13.2. The second-order valence-corrected chi connectivity index (χ2v) is 4.47. The molecule has 0 bridgehead atoms. The van der Waals surface area contributed by atoms with Gasteiger partial charge in [0.1, 0.15) is 11.6 Å². The molecular weight excluding hydrogens is 312 g/mol. The molecule has 21 heavy (non-hydrogen) atoms. The minimum atomic E-state index is -4.81. The van der Waals surface area contributed by atoms with Gasteiger partial charge in [-0.25, -0.2) is 9.37 Å². The summed E-state index contributed by atoms with van der Waals surface area (Å²) in [5.74, 6) is -1.55. The highest BCUT2D eigenvalue weighted by molar-refractivity contribution is 6.31. The van der Waals surface area contributed by atoms with Gasteiger partial charge >= 0.3 is 6.18 Å². The van der Waals surface area contributed by atoms with Crippen molar-refractivity contribution in [1.29, 1.82) is 0 Å². The molecule has 112 valence electrons. The van der Waals surface area contributed by atoms with Crippen LogP contribution in [0.1, 0.15) is 11.1 Å². The van der Waals surface area contributed by atoms with E-state index in [9.17, 15) is 17.6 Å². The van der Waals surface area contributed by atoms with Gasteiger partial charge in [0.05, 0.1) is 10.6 Å². The molecule has 8 heteroatoms. The van der Waals surface area contributed by atoms with E-state index in [4.69, 9.17) is 22.1 Å². The molecule has 0 saturated carbocycles. The molecule has 0 amide bonds. The number of rotatable bonds is 3. The summed E-state index contributed by atoms with van der Waals surface area (Å²) in [4.78, 5) is 3.81. The third kappa shape index (κ3) is 3.62. The summed E-state index contributed by atoms with van der Waals surface area (Å²) in [6.07, 6.45) is -3.54. The van der Waals surface area contributed by atoms with E-state index in [-0.39, 0.29) is 18.2 Å². The fourth-order valence-electron chi connectivity index (χ4n) is 1.58. The van der Waals surface area contributed by atoms with Crippen molar-refractivity contribution in [1.82, 2.24) is 4.98 Å². The van der Waals surface area contributed by atoms with E-state index in [1.807, 2.05) is 0 Å². The Morgan fingerprint density at radius 3 is 2.57 bits per heavy atom. The molecule has 3 nitrogen and oxygen atoms in total. The number of hydrogen-bond donors (Lipinski definition) is 1. The summed E-state index contributed by atoms with van der Waals surface area (Å²) in [7, 11) is 0. The molecule has 2 rings (SSSR count). The highest BCUT2D eigenvalue weighted by Crippen LogP contribution is 2.34. The Kier molecular flexibility index (Phi) is 4.34. The second kappa shape index (κ2) is 5.87. The van der Waals surface area contributed by atoms with Crippen LogP contribution in [0.25, 0.3) is 0 Å². The van der Waals surface area contributed by atoms with Crippen LogP contribution in [0.15, 0.2) is 30.5 Å². The number of halogens is 5. The molecule has 0 aliphatic rings. The molecule has 1 aromatic carbocycles. The predicted molar refractivity (Wildman–Crippen MR) is 68.6 cm³/mol. The van der Waals surface area contributed by atoms with Gasteiger partial charge in [-0.2, -0.15) is 13.2 Å². The van der Waals surface area contributed by atoms with Crippen LogP contribution in [0.4, 0.5) is 17.6 Å². The average molecular weight is 321 g/mol. The summed E-state index contributed by atoms with van der Waals surface area (Å²) >= 11 is 5.81. The summed E-state index contributed by atoms with van der Waals surface area (Å²) in [5.41, 5.74) is 4.57. The van der Waals surface area contributed by atoms with Crippen LogP contribution in [0.2, 0.25) is 5.02 Å². The quantitative estimate of drug-likeness (QED) is 0.864. The molecular formula is C13H9ClF4N2O. The Morgan fingerprint density at radius 2 is 1.95 bits per heavy atom. The molecule has 1 heterocycles. The Bertz CT molecular complexity index is 661. The van der Waals surface area contributed by atoms with Crippen LogP contribution in [0, 0.1) is 5.82 Å². The van der Waals surface area contributed by atoms with Gasteiger partial charge in [0.15, 0.2) is 0 Å². The normalized spacial score (nSPS) is 11.5. The fraction of sp³-hybridized carbons (Fsp3) is 0.154. The maximum absolute atomic E-state index is 13.2. The number of benzene rings is 1. The number of nitrogens with zero attached hydrogens (tertiary/aromatic N) is 1. The molecule has 0 saturated heterocycles. The first-order valence-corrected chi connectivity index (χ1v) is 6.08.